The topological polar surface area (TPSA) is 78.6 Å². The number of hydrogen-bond acceptors (Lipinski definition) is 5. The average molecular weight is 175 g/mol. The lowest BCUT2D eigenvalue weighted by atomic mass is 10.2. The first-order chi connectivity index (χ1) is 5.40. The van der Waals surface area contributed by atoms with Crippen molar-refractivity contribution in [3.8, 4) is 0 Å². The van der Waals surface area contributed by atoms with Gasteiger partial charge in [0.2, 0.25) is 6.10 Å². The molecule has 0 radical (unpaired) electrons. The predicted octanol–water partition coefficient (Wildman–Crippen LogP) is -0.214. The lowest BCUT2D eigenvalue weighted by Gasteiger charge is -2.20. The number of hydrogen-bond donors (Lipinski definition) is 1. The summed E-state index contributed by atoms with van der Waals surface area (Å²) < 4.78 is 4.81. The molecule has 70 valence electrons. The highest BCUT2D eigenvalue weighted by Gasteiger charge is 2.24. The van der Waals surface area contributed by atoms with Crippen LogP contribution in [0.3, 0.4) is 0 Å². The summed E-state index contributed by atoms with van der Waals surface area (Å²) in [4.78, 5) is 25.2. The number of esters is 1. The van der Waals surface area contributed by atoms with Gasteiger partial charge in [0.25, 0.3) is 0 Å². The zero-order valence-electron chi connectivity index (χ0n) is 7.37. The van der Waals surface area contributed by atoms with Gasteiger partial charge in [-0.2, -0.15) is 0 Å². The Hall–Kier alpha value is -0.940. The Bertz CT molecular complexity index is 173. The molecule has 0 aliphatic carbocycles. The molecule has 2 N–H and O–H groups in total. The molecule has 0 amide bonds. The van der Waals surface area contributed by atoms with Crippen LogP contribution in [-0.4, -0.2) is 24.0 Å². The van der Waals surface area contributed by atoms with Gasteiger partial charge in [-0.25, -0.2) is 10.7 Å². The molecule has 0 fully saturated rings. The highest BCUT2D eigenvalue weighted by molar-refractivity contribution is 5.90. The van der Waals surface area contributed by atoms with Gasteiger partial charge in [-0.15, -0.1) is 0 Å². The fourth-order valence-electron chi connectivity index (χ4n) is 0.503. The first-order valence-electron chi connectivity index (χ1n) is 3.44. The normalized spacial score (nSPS) is 13.7. The summed E-state index contributed by atoms with van der Waals surface area (Å²) in [5.74, 6) is 3.89. The van der Waals surface area contributed by atoms with E-state index < -0.39 is 17.7 Å². The van der Waals surface area contributed by atoms with E-state index in [1.165, 1.54) is 0 Å². The number of carbonyl (C=O) groups is 2. The molecule has 5 nitrogen and oxygen atoms in total. The van der Waals surface area contributed by atoms with E-state index in [2.05, 4.69) is 10.7 Å². The van der Waals surface area contributed by atoms with E-state index in [1.807, 2.05) is 0 Å². The molecule has 0 aromatic carbocycles. The van der Waals surface area contributed by atoms with Crippen LogP contribution in [0.5, 0.6) is 0 Å². The van der Waals surface area contributed by atoms with Gasteiger partial charge in [0, 0.05) is 0 Å². The molecule has 1 unspecified atom stereocenters. The molecule has 0 bridgehead atoms. The first kappa shape index (κ1) is 11.1. The molecule has 0 aromatic heterocycles. The van der Waals surface area contributed by atoms with Crippen LogP contribution in [0.4, 0.5) is 0 Å². The minimum atomic E-state index is -1.33. The molecule has 0 heterocycles. The van der Waals surface area contributed by atoms with Crippen molar-refractivity contribution in [1.82, 2.24) is 0 Å². The summed E-state index contributed by atoms with van der Waals surface area (Å²) in [6.45, 7) is 5.05. The van der Waals surface area contributed by atoms with E-state index in [4.69, 9.17) is 4.74 Å². The van der Waals surface area contributed by atoms with Crippen LogP contribution in [0.1, 0.15) is 20.8 Å². The van der Waals surface area contributed by atoms with E-state index in [0.29, 0.717) is 0 Å². The molecule has 12 heavy (non-hydrogen) atoms. The van der Waals surface area contributed by atoms with E-state index >= 15 is 0 Å². The Morgan fingerprint density at radius 2 is 2.00 bits per heavy atom. The highest BCUT2D eigenvalue weighted by atomic mass is 16.7. The summed E-state index contributed by atoms with van der Waals surface area (Å²) in [6.07, 6.45) is -1.04. The fraction of sp³-hybridized carbons (Fsp3) is 0.714. The summed E-state index contributed by atoms with van der Waals surface area (Å²) in [6, 6.07) is 0. The lowest BCUT2D eigenvalue weighted by Crippen LogP contribution is -2.35. The molecule has 1 atom stereocenters. The maximum Gasteiger partial charge on any atom is 0.345 e. The van der Waals surface area contributed by atoms with E-state index in [1.54, 1.807) is 20.8 Å². The second kappa shape index (κ2) is 4.18. The van der Waals surface area contributed by atoms with Gasteiger partial charge in [-0.05, 0) is 20.8 Å². The van der Waals surface area contributed by atoms with Crippen LogP contribution in [0, 0.1) is 0 Å². The van der Waals surface area contributed by atoms with Crippen LogP contribution in [0.15, 0.2) is 0 Å². The van der Waals surface area contributed by atoms with Gasteiger partial charge in [-0.1, -0.05) is 0 Å². The van der Waals surface area contributed by atoms with Gasteiger partial charge in [-0.3, -0.25) is 9.63 Å². The summed E-state index contributed by atoms with van der Waals surface area (Å²) >= 11 is 0. The second-order valence-corrected chi connectivity index (χ2v) is 3.23. The first-order valence-corrected chi connectivity index (χ1v) is 3.44. The van der Waals surface area contributed by atoms with Crippen molar-refractivity contribution in [3.05, 3.63) is 0 Å². The van der Waals surface area contributed by atoms with Crippen LogP contribution in [0.25, 0.3) is 0 Å². The molecular formula is C7H13NO4. The van der Waals surface area contributed by atoms with Crippen molar-refractivity contribution in [2.24, 2.45) is 5.90 Å². The third-order valence-electron chi connectivity index (χ3n) is 0.909. The van der Waals surface area contributed by atoms with E-state index in [-0.39, 0.29) is 6.29 Å². The molecule has 0 aliphatic heterocycles. The van der Waals surface area contributed by atoms with Crippen molar-refractivity contribution in [2.45, 2.75) is 32.5 Å². The van der Waals surface area contributed by atoms with Crippen molar-refractivity contribution in [1.29, 1.82) is 0 Å². The molecular weight excluding hydrogens is 162 g/mol. The van der Waals surface area contributed by atoms with Crippen LogP contribution in [-0.2, 0) is 19.2 Å². The van der Waals surface area contributed by atoms with Gasteiger partial charge in [0.15, 0.2) is 6.29 Å². The van der Waals surface area contributed by atoms with Crippen molar-refractivity contribution >= 4 is 12.3 Å². The maximum atomic E-state index is 11.0. The molecule has 0 spiro atoms. The quantitative estimate of drug-likeness (QED) is 0.278. The third-order valence-corrected chi connectivity index (χ3v) is 0.909. The SMILES string of the molecule is CC(C)(C)OC(=O)C(C=O)ON. The minimum Gasteiger partial charge on any atom is -0.458 e. The van der Waals surface area contributed by atoms with Crippen molar-refractivity contribution in [2.75, 3.05) is 0 Å². The zero-order valence-corrected chi connectivity index (χ0v) is 7.37. The molecule has 0 aromatic rings. The average Bonchev–Trinajstić information content (AvgIpc) is 1.85. The summed E-state index contributed by atoms with van der Waals surface area (Å²) in [5, 5.41) is 0. The summed E-state index contributed by atoms with van der Waals surface area (Å²) in [7, 11) is 0. The third kappa shape index (κ3) is 4.05. The number of carbonyl (C=O) groups excluding carboxylic acids is 2. The van der Waals surface area contributed by atoms with Crippen molar-refractivity contribution < 1.29 is 19.2 Å². The zero-order chi connectivity index (χ0) is 9.78. The smallest absolute Gasteiger partial charge is 0.345 e. The fourth-order valence-corrected chi connectivity index (χ4v) is 0.503. The Morgan fingerprint density at radius 3 is 2.25 bits per heavy atom. The predicted molar refractivity (Wildman–Crippen MR) is 41.0 cm³/mol. The van der Waals surface area contributed by atoms with E-state index in [9.17, 15) is 9.59 Å². The molecule has 0 saturated heterocycles. The number of ether oxygens (including phenoxy) is 1. The Morgan fingerprint density at radius 1 is 1.50 bits per heavy atom. The molecule has 0 rings (SSSR count). The number of aldehydes is 1. The van der Waals surface area contributed by atoms with Crippen molar-refractivity contribution in [3.63, 3.8) is 0 Å². The largest absolute Gasteiger partial charge is 0.458 e. The van der Waals surface area contributed by atoms with Gasteiger partial charge >= 0.3 is 5.97 Å². The van der Waals surface area contributed by atoms with Crippen LogP contribution < -0.4 is 5.90 Å². The van der Waals surface area contributed by atoms with Gasteiger partial charge < -0.3 is 4.74 Å². The van der Waals surface area contributed by atoms with Gasteiger partial charge in [0.05, 0.1) is 0 Å². The molecule has 5 heteroatoms. The maximum absolute atomic E-state index is 11.0. The minimum absolute atomic E-state index is 0.286. The van der Waals surface area contributed by atoms with Crippen LogP contribution >= 0.6 is 0 Å². The number of nitrogens with two attached hydrogens (primary N) is 1. The molecule has 0 aliphatic rings. The van der Waals surface area contributed by atoms with Gasteiger partial charge in [0.1, 0.15) is 5.60 Å². The Kier molecular flexibility index (Phi) is 3.85. The van der Waals surface area contributed by atoms with Crippen LogP contribution in [0.2, 0.25) is 0 Å². The Balaban J connectivity index is 4.11. The number of rotatable bonds is 3. The summed E-state index contributed by atoms with van der Waals surface area (Å²) in [5.41, 5.74) is -0.642. The molecule has 0 saturated carbocycles. The second-order valence-electron chi connectivity index (χ2n) is 3.23. The van der Waals surface area contributed by atoms with E-state index in [0.717, 1.165) is 0 Å². The standard InChI is InChI=1S/C7H13NO4/c1-7(2,3)11-6(10)5(4-9)12-8/h4-5H,8H2,1-3H3. The monoisotopic (exact) mass is 175 g/mol. The highest BCUT2D eigenvalue weighted by Crippen LogP contribution is 2.08. The Labute approximate surface area is 70.8 Å². The lowest BCUT2D eigenvalue weighted by molar-refractivity contribution is -0.169.